The summed E-state index contributed by atoms with van der Waals surface area (Å²) in [6.45, 7) is 1.99. The van der Waals surface area contributed by atoms with Gasteiger partial charge in [0.15, 0.2) is 0 Å². The number of aromatic hydroxyl groups is 1. The third-order valence-corrected chi connectivity index (χ3v) is 3.30. The van der Waals surface area contributed by atoms with Crippen LogP contribution in [0.3, 0.4) is 0 Å². The van der Waals surface area contributed by atoms with Crippen LogP contribution in [0.2, 0.25) is 5.02 Å². The Morgan fingerprint density at radius 2 is 1.95 bits per heavy atom. The standard InChI is InChI=1S/C15H11ClFNO/c1-8-2-3-12-9(4-8)5-13(18-12)15-11(17)6-10(16)7-14(15)19/h2-7,18-19H,1H3. The third-order valence-electron chi connectivity index (χ3n) is 3.08. The first-order chi connectivity index (χ1) is 9.04. The molecule has 0 radical (unpaired) electrons. The molecule has 1 heterocycles. The van der Waals surface area contributed by atoms with Gasteiger partial charge in [0, 0.05) is 15.9 Å². The molecule has 4 heteroatoms. The fourth-order valence-electron chi connectivity index (χ4n) is 2.21. The molecule has 0 saturated carbocycles. The van der Waals surface area contributed by atoms with Crippen LogP contribution in [0.1, 0.15) is 5.56 Å². The van der Waals surface area contributed by atoms with Crippen molar-refractivity contribution in [2.75, 3.05) is 0 Å². The number of benzene rings is 2. The molecule has 3 rings (SSSR count). The lowest BCUT2D eigenvalue weighted by atomic mass is 10.1. The Kier molecular flexibility index (Phi) is 2.72. The molecule has 0 amide bonds. The number of aryl methyl sites for hydroxylation is 1. The van der Waals surface area contributed by atoms with Crippen LogP contribution in [0.5, 0.6) is 5.75 Å². The minimum absolute atomic E-state index is 0.137. The first kappa shape index (κ1) is 12.1. The zero-order chi connectivity index (χ0) is 13.6. The Bertz CT molecular complexity index is 756. The maximum Gasteiger partial charge on any atom is 0.137 e. The minimum atomic E-state index is -0.548. The highest BCUT2D eigenvalue weighted by Crippen LogP contribution is 2.35. The van der Waals surface area contributed by atoms with E-state index in [1.165, 1.54) is 12.1 Å². The summed E-state index contributed by atoms with van der Waals surface area (Å²) in [7, 11) is 0. The summed E-state index contributed by atoms with van der Waals surface area (Å²) in [5.74, 6) is -0.721. The van der Waals surface area contributed by atoms with Gasteiger partial charge in [-0.05, 0) is 37.3 Å². The zero-order valence-electron chi connectivity index (χ0n) is 10.2. The molecule has 2 N–H and O–H groups in total. The second kappa shape index (κ2) is 4.28. The van der Waals surface area contributed by atoms with Gasteiger partial charge in [-0.3, -0.25) is 0 Å². The SMILES string of the molecule is Cc1ccc2[nH]c(-c3c(O)cc(Cl)cc3F)cc2c1. The van der Waals surface area contributed by atoms with Gasteiger partial charge in [0.1, 0.15) is 11.6 Å². The Hall–Kier alpha value is -2.00. The summed E-state index contributed by atoms with van der Waals surface area (Å²) >= 11 is 5.70. The van der Waals surface area contributed by atoms with Gasteiger partial charge in [-0.25, -0.2) is 4.39 Å². The van der Waals surface area contributed by atoms with Crippen LogP contribution in [0.4, 0.5) is 4.39 Å². The van der Waals surface area contributed by atoms with Gasteiger partial charge in [0.25, 0.3) is 0 Å². The number of hydrogen-bond acceptors (Lipinski definition) is 1. The van der Waals surface area contributed by atoms with Crippen LogP contribution in [-0.2, 0) is 0 Å². The fourth-order valence-corrected chi connectivity index (χ4v) is 2.41. The number of hydrogen-bond donors (Lipinski definition) is 2. The van der Waals surface area contributed by atoms with Gasteiger partial charge in [-0.1, -0.05) is 23.2 Å². The van der Waals surface area contributed by atoms with E-state index in [0.29, 0.717) is 5.69 Å². The number of nitrogens with one attached hydrogen (secondary N) is 1. The predicted octanol–water partition coefficient (Wildman–Crippen LogP) is 4.64. The average Bonchev–Trinajstić information content (AvgIpc) is 2.69. The second-order valence-corrected chi connectivity index (χ2v) is 4.99. The van der Waals surface area contributed by atoms with Gasteiger partial charge < -0.3 is 10.1 Å². The molecule has 2 nitrogen and oxygen atoms in total. The van der Waals surface area contributed by atoms with Crippen molar-refractivity contribution in [3.8, 4) is 17.0 Å². The number of aromatic nitrogens is 1. The Morgan fingerprint density at radius 3 is 2.68 bits per heavy atom. The summed E-state index contributed by atoms with van der Waals surface area (Å²) < 4.78 is 13.9. The molecule has 1 aromatic heterocycles. The van der Waals surface area contributed by atoms with Crippen molar-refractivity contribution in [3.05, 3.63) is 52.8 Å². The number of fused-ring (bicyclic) bond motifs is 1. The molecular weight excluding hydrogens is 265 g/mol. The number of phenols is 1. The molecular formula is C15H11ClFNO. The summed E-state index contributed by atoms with van der Waals surface area (Å²) in [6, 6.07) is 10.2. The van der Waals surface area contributed by atoms with Gasteiger partial charge in [-0.15, -0.1) is 0 Å². The van der Waals surface area contributed by atoms with Gasteiger partial charge in [0.2, 0.25) is 0 Å². The number of aromatic amines is 1. The van der Waals surface area contributed by atoms with Gasteiger partial charge in [0.05, 0.1) is 11.3 Å². The number of halogens is 2. The van der Waals surface area contributed by atoms with Crippen molar-refractivity contribution in [1.29, 1.82) is 0 Å². The van der Waals surface area contributed by atoms with E-state index in [1.807, 2.05) is 31.2 Å². The normalized spacial score (nSPS) is 11.1. The van der Waals surface area contributed by atoms with Crippen LogP contribution < -0.4 is 0 Å². The molecule has 0 fully saturated rings. The lowest BCUT2D eigenvalue weighted by Gasteiger charge is -2.04. The summed E-state index contributed by atoms with van der Waals surface area (Å²) in [5, 5.41) is 11.0. The van der Waals surface area contributed by atoms with E-state index in [4.69, 9.17) is 11.6 Å². The van der Waals surface area contributed by atoms with Crippen molar-refractivity contribution >= 4 is 22.5 Å². The van der Waals surface area contributed by atoms with E-state index in [2.05, 4.69) is 4.98 Å². The number of H-pyrrole nitrogens is 1. The third kappa shape index (κ3) is 2.06. The number of phenolic OH excluding ortho intramolecular Hbond substituents is 1. The minimum Gasteiger partial charge on any atom is -0.507 e. The fraction of sp³-hybridized carbons (Fsp3) is 0.0667. The van der Waals surface area contributed by atoms with E-state index in [0.717, 1.165) is 16.5 Å². The van der Waals surface area contributed by atoms with Crippen LogP contribution in [0, 0.1) is 12.7 Å². The van der Waals surface area contributed by atoms with Crippen molar-refractivity contribution in [3.63, 3.8) is 0 Å². The highest BCUT2D eigenvalue weighted by molar-refractivity contribution is 6.30. The second-order valence-electron chi connectivity index (χ2n) is 4.56. The van der Waals surface area contributed by atoms with E-state index < -0.39 is 5.82 Å². The molecule has 0 aliphatic rings. The topological polar surface area (TPSA) is 36.0 Å². The highest BCUT2D eigenvalue weighted by Gasteiger charge is 2.14. The van der Waals surface area contributed by atoms with Crippen LogP contribution in [-0.4, -0.2) is 10.1 Å². The first-order valence-corrected chi connectivity index (χ1v) is 6.20. The van der Waals surface area contributed by atoms with Crippen molar-refractivity contribution in [2.24, 2.45) is 0 Å². The molecule has 0 saturated heterocycles. The molecule has 3 aromatic rings. The molecule has 0 unspecified atom stereocenters. The maximum atomic E-state index is 13.9. The predicted molar refractivity (Wildman–Crippen MR) is 75.1 cm³/mol. The van der Waals surface area contributed by atoms with Crippen molar-refractivity contribution < 1.29 is 9.50 Å². The summed E-state index contributed by atoms with van der Waals surface area (Å²) in [6.07, 6.45) is 0. The van der Waals surface area contributed by atoms with Crippen molar-refractivity contribution in [1.82, 2.24) is 4.98 Å². The average molecular weight is 276 g/mol. The summed E-state index contributed by atoms with van der Waals surface area (Å²) in [4.78, 5) is 3.10. The largest absolute Gasteiger partial charge is 0.507 e. The maximum absolute atomic E-state index is 13.9. The summed E-state index contributed by atoms with van der Waals surface area (Å²) in [5.41, 5.74) is 2.69. The number of rotatable bonds is 1. The molecule has 96 valence electrons. The zero-order valence-corrected chi connectivity index (χ0v) is 10.9. The quantitative estimate of drug-likeness (QED) is 0.667. The monoisotopic (exact) mass is 275 g/mol. The van der Waals surface area contributed by atoms with Crippen LogP contribution in [0.25, 0.3) is 22.2 Å². The lowest BCUT2D eigenvalue weighted by molar-refractivity contribution is 0.472. The Labute approximate surface area is 114 Å². The van der Waals surface area contributed by atoms with E-state index in [1.54, 1.807) is 0 Å². The molecule has 0 aliphatic heterocycles. The molecule has 0 spiro atoms. The first-order valence-electron chi connectivity index (χ1n) is 5.82. The molecule has 0 bridgehead atoms. The highest BCUT2D eigenvalue weighted by atomic mass is 35.5. The molecule has 0 atom stereocenters. The van der Waals surface area contributed by atoms with E-state index in [-0.39, 0.29) is 16.3 Å². The van der Waals surface area contributed by atoms with Crippen LogP contribution >= 0.6 is 11.6 Å². The lowest BCUT2D eigenvalue weighted by Crippen LogP contribution is -1.85. The van der Waals surface area contributed by atoms with Crippen molar-refractivity contribution in [2.45, 2.75) is 6.92 Å². The Morgan fingerprint density at radius 1 is 1.16 bits per heavy atom. The van der Waals surface area contributed by atoms with Gasteiger partial charge >= 0.3 is 0 Å². The van der Waals surface area contributed by atoms with E-state index >= 15 is 0 Å². The van der Waals surface area contributed by atoms with E-state index in [9.17, 15) is 9.50 Å². The van der Waals surface area contributed by atoms with Gasteiger partial charge in [-0.2, -0.15) is 0 Å². The molecule has 19 heavy (non-hydrogen) atoms. The molecule has 0 aliphatic carbocycles. The molecule has 2 aromatic carbocycles. The van der Waals surface area contributed by atoms with Crippen LogP contribution in [0.15, 0.2) is 36.4 Å². The Balaban J connectivity index is 2.24. The smallest absolute Gasteiger partial charge is 0.137 e.